The highest BCUT2D eigenvalue weighted by atomic mass is 16.5. The van der Waals surface area contributed by atoms with E-state index in [9.17, 15) is 0 Å². The quantitative estimate of drug-likeness (QED) is 0.628. The summed E-state index contributed by atoms with van der Waals surface area (Å²) in [6.45, 7) is 3.52. The lowest BCUT2D eigenvalue weighted by molar-refractivity contribution is 0.0401. The second kappa shape index (κ2) is 8.05. The minimum Gasteiger partial charge on any atom is -0.478 e. The SMILES string of the molecule is c1cc2c3c(ccc2c2c1OCN(C1CCCCC1)C2)OCN(C1CCCCC1)C3. The lowest BCUT2D eigenvalue weighted by Crippen LogP contribution is -2.42. The Morgan fingerprint density at radius 3 is 1.43 bits per heavy atom. The van der Waals surface area contributed by atoms with Crippen molar-refractivity contribution in [1.29, 1.82) is 0 Å². The molecule has 2 aliphatic carbocycles. The minimum atomic E-state index is 0.685. The molecule has 2 saturated carbocycles. The van der Waals surface area contributed by atoms with Crippen LogP contribution in [0.2, 0.25) is 0 Å². The van der Waals surface area contributed by atoms with Crippen LogP contribution in [0.4, 0.5) is 0 Å². The van der Waals surface area contributed by atoms with Crippen LogP contribution in [0.15, 0.2) is 24.3 Å². The number of rotatable bonds is 2. The molecule has 2 heterocycles. The van der Waals surface area contributed by atoms with Gasteiger partial charge >= 0.3 is 0 Å². The summed E-state index contributed by atoms with van der Waals surface area (Å²) < 4.78 is 12.5. The average molecular weight is 407 g/mol. The number of nitrogens with zero attached hydrogens (tertiary/aromatic N) is 2. The van der Waals surface area contributed by atoms with Gasteiger partial charge in [0.2, 0.25) is 0 Å². The van der Waals surface area contributed by atoms with Gasteiger partial charge in [-0.2, -0.15) is 0 Å². The first-order valence-electron chi connectivity index (χ1n) is 12.2. The van der Waals surface area contributed by atoms with Gasteiger partial charge in [-0.25, -0.2) is 0 Å². The molecule has 0 radical (unpaired) electrons. The van der Waals surface area contributed by atoms with Crippen LogP contribution in [0.5, 0.6) is 11.5 Å². The van der Waals surface area contributed by atoms with E-state index in [4.69, 9.17) is 9.47 Å². The second-order valence-corrected chi connectivity index (χ2v) is 9.80. The van der Waals surface area contributed by atoms with Crippen molar-refractivity contribution in [3.63, 3.8) is 0 Å². The van der Waals surface area contributed by atoms with E-state index in [2.05, 4.69) is 34.1 Å². The van der Waals surface area contributed by atoms with Crippen LogP contribution in [0.3, 0.4) is 0 Å². The van der Waals surface area contributed by atoms with Gasteiger partial charge in [-0.3, -0.25) is 9.80 Å². The molecule has 2 fully saturated rings. The molecule has 0 aromatic heterocycles. The van der Waals surface area contributed by atoms with Gasteiger partial charge in [-0.05, 0) is 48.6 Å². The first-order valence-corrected chi connectivity index (χ1v) is 12.2. The standard InChI is InChI=1S/C26H34N2O2/c1-3-7-19(8-4-1)27-15-23-21-11-14-26-24(22(21)12-13-25(23)29-17-27)16-28(18-30-26)20-9-5-2-6-10-20/h11-14,19-20H,1-10,15-18H2. The highest BCUT2D eigenvalue weighted by Crippen LogP contribution is 2.40. The number of hydrogen-bond acceptors (Lipinski definition) is 4. The van der Waals surface area contributed by atoms with E-state index in [0.29, 0.717) is 12.1 Å². The highest BCUT2D eigenvalue weighted by Gasteiger charge is 2.30. The molecule has 4 nitrogen and oxygen atoms in total. The van der Waals surface area contributed by atoms with Crippen molar-refractivity contribution in [1.82, 2.24) is 9.80 Å². The monoisotopic (exact) mass is 406 g/mol. The molecule has 0 spiro atoms. The van der Waals surface area contributed by atoms with Crippen molar-refractivity contribution in [3.05, 3.63) is 35.4 Å². The van der Waals surface area contributed by atoms with Gasteiger partial charge in [0.05, 0.1) is 0 Å². The minimum absolute atomic E-state index is 0.685. The lowest BCUT2D eigenvalue weighted by Gasteiger charge is -2.39. The van der Waals surface area contributed by atoms with Gasteiger partial charge in [0.1, 0.15) is 25.0 Å². The van der Waals surface area contributed by atoms with Gasteiger partial charge in [-0.1, -0.05) is 50.7 Å². The normalized spacial score (nSPS) is 24.1. The van der Waals surface area contributed by atoms with Gasteiger partial charge in [0, 0.05) is 36.3 Å². The van der Waals surface area contributed by atoms with E-state index < -0.39 is 0 Å². The summed E-state index contributed by atoms with van der Waals surface area (Å²) in [5.41, 5.74) is 2.75. The summed E-state index contributed by atoms with van der Waals surface area (Å²) in [6, 6.07) is 10.3. The Balaban J connectivity index is 1.32. The number of benzene rings is 2. The predicted octanol–water partition coefficient (Wildman–Crippen LogP) is 5.81. The third kappa shape index (κ3) is 3.38. The van der Waals surface area contributed by atoms with E-state index in [0.717, 1.165) is 38.1 Å². The van der Waals surface area contributed by atoms with Crippen LogP contribution in [-0.4, -0.2) is 35.3 Å². The highest BCUT2D eigenvalue weighted by molar-refractivity contribution is 5.92. The summed E-state index contributed by atoms with van der Waals surface area (Å²) in [7, 11) is 0. The van der Waals surface area contributed by atoms with E-state index in [-0.39, 0.29) is 0 Å². The van der Waals surface area contributed by atoms with Crippen LogP contribution in [-0.2, 0) is 13.1 Å². The molecule has 4 aliphatic rings. The summed E-state index contributed by atoms with van der Waals surface area (Å²) in [6.07, 6.45) is 13.6. The first kappa shape index (κ1) is 18.9. The van der Waals surface area contributed by atoms with E-state index in [1.165, 1.54) is 86.1 Å². The molecule has 0 atom stereocenters. The number of fused-ring (bicyclic) bond motifs is 5. The summed E-state index contributed by atoms with van der Waals surface area (Å²) in [4.78, 5) is 5.15. The van der Waals surface area contributed by atoms with Crippen LogP contribution in [0.25, 0.3) is 10.8 Å². The molecule has 2 aromatic carbocycles. The van der Waals surface area contributed by atoms with Crippen LogP contribution >= 0.6 is 0 Å². The zero-order valence-electron chi connectivity index (χ0n) is 18.1. The molecule has 0 saturated heterocycles. The largest absolute Gasteiger partial charge is 0.478 e. The van der Waals surface area contributed by atoms with Crippen LogP contribution < -0.4 is 9.47 Å². The molecule has 6 rings (SSSR count). The fourth-order valence-electron chi connectivity index (χ4n) is 6.25. The Bertz CT molecular complexity index is 840. The molecule has 0 N–H and O–H groups in total. The molecule has 4 heteroatoms. The van der Waals surface area contributed by atoms with Gasteiger partial charge in [0.25, 0.3) is 0 Å². The molecule has 2 aliphatic heterocycles. The molecular formula is C26H34N2O2. The lowest BCUT2D eigenvalue weighted by atomic mass is 9.91. The average Bonchev–Trinajstić information content (AvgIpc) is 2.84. The van der Waals surface area contributed by atoms with Crippen molar-refractivity contribution >= 4 is 10.8 Å². The Morgan fingerprint density at radius 2 is 1.00 bits per heavy atom. The molecule has 0 unspecified atom stereocenters. The summed E-state index contributed by atoms with van der Waals surface area (Å²) in [5, 5.41) is 2.72. The number of ether oxygens (including phenoxy) is 2. The molecule has 0 bridgehead atoms. The molecular weight excluding hydrogens is 372 g/mol. The zero-order valence-corrected chi connectivity index (χ0v) is 18.1. The van der Waals surface area contributed by atoms with Gasteiger partial charge in [-0.15, -0.1) is 0 Å². The fourth-order valence-corrected chi connectivity index (χ4v) is 6.25. The molecule has 160 valence electrons. The summed E-state index contributed by atoms with van der Waals surface area (Å²) in [5.74, 6) is 2.16. The maximum atomic E-state index is 6.24. The topological polar surface area (TPSA) is 24.9 Å². The van der Waals surface area contributed by atoms with Crippen LogP contribution in [0.1, 0.15) is 75.3 Å². The molecule has 0 amide bonds. The van der Waals surface area contributed by atoms with Crippen molar-refractivity contribution in [2.75, 3.05) is 13.5 Å². The van der Waals surface area contributed by atoms with Crippen molar-refractivity contribution in [2.24, 2.45) is 0 Å². The Labute approximate surface area is 180 Å². The van der Waals surface area contributed by atoms with Crippen molar-refractivity contribution < 1.29 is 9.47 Å². The second-order valence-electron chi connectivity index (χ2n) is 9.80. The first-order chi connectivity index (χ1) is 14.9. The Kier molecular flexibility index (Phi) is 5.08. The smallest absolute Gasteiger partial charge is 0.142 e. The number of hydrogen-bond donors (Lipinski definition) is 0. The Morgan fingerprint density at radius 1 is 0.567 bits per heavy atom. The van der Waals surface area contributed by atoms with Crippen LogP contribution in [0, 0.1) is 0 Å². The molecule has 2 aromatic rings. The fraction of sp³-hybridized carbons (Fsp3) is 0.615. The van der Waals surface area contributed by atoms with Gasteiger partial charge < -0.3 is 9.47 Å². The van der Waals surface area contributed by atoms with Crippen molar-refractivity contribution in [3.8, 4) is 11.5 Å². The maximum Gasteiger partial charge on any atom is 0.142 e. The van der Waals surface area contributed by atoms with Crippen molar-refractivity contribution in [2.45, 2.75) is 89.4 Å². The third-order valence-electron chi connectivity index (χ3n) is 8.01. The Hall–Kier alpha value is -1.78. The zero-order chi connectivity index (χ0) is 19.9. The van der Waals surface area contributed by atoms with E-state index in [1.54, 1.807) is 0 Å². The third-order valence-corrected chi connectivity index (χ3v) is 8.01. The van der Waals surface area contributed by atoms with E-state index in [1.807, 2.05) is 0 Å². The molecule has 30 heavy (non-hydrogen) atoms. The predicted molar refractivity (Wildman–Crippen MR) is 120 cm³/mol. The van der Waals surface area contributed by atoms with E-state index >= 15 is 0 Å². The maximum absolute atomic E-state index is 6.24. The van der Waals surface area contributed by atoms with Gasteiger partial charge in [0.15, 0.2) is 0 Å². The summed E-state index contributed by atoms with van der Waals surface area (Å²) >= 11 is 0.